The second-order valence-electron chi connectivity index (χ2n) is 8.09. The van der Waals surface area contributed by atoms with Crippen molar-refractivity contribution in [3.05, 3.63) is 17.7 Å². The third-order valence-electron chi connectivity index (χ3n) is 5.43. The summed E-state index contributed by atoms with van der Waals surface area (Å²) in [6.07, 6.45) is 1.81. The summed E-state index contributed by atoms with van der Waals surface area (Å²) in [5, 5.41) is 7.43. The summed E-state index contributed by atoms with van der Waals surface area (Å²) in [5.41, 5.74) is 0.951. The largest absolute Gasteiger partial charge is 0.409 e. The fourth-order valence-electron chi connectivity index (χ4n) is 2.79. The number of hydrogen-bond acceptors (Lipinski definition) is 5. The van der Waals surface area contributed by atoms with Crippen molar-refractivity contribution in [2.45, 2.75) is 52.1 Å². The van der Waals surface area contributed by atoms with E-state index in [0.29, 0.717) is 13.2 Å². The van der Waals surface area contributed by atoms with Gasteiger partial charge in [-0.3, -0.25) is 5.01 Å². The molecule has 1 fully saturated rings. The van der Waals surface area contributed by atoms with Crippen molar-refractivity contribution in [1.29, 1.82) is 0 Å². The lowest BCUT2D eigenvalue weighted by molar-refractivity contribution is 0.00777. The van der Waals surface area contributed by atoms with Gasteiger partial charge in [0.25, 0.3) is 0 Å². The third-order valence-corrected chi connectivity index (χ3v) is 9.91. The number of carbonyl (C=O) groups excluding carboxylic acids is 1. The summed E-state index contributed by atoms with van der Waals surface area (Å²) in [6.45, 7) is 15.6. The second-order valence-corrected chi connectivity index (χ2v) is 12.9. The number of rotatable bonds is 4. The highest BCUT2D eigenvalue weighted by molar-refractivity contribution is 6.74. The average molecular weight is 352 g/mol. The van der Waals surface area contributed by atoms with Gasteiger partial charge in [-0.25, -0.2) is 19.4 Å². The number of hydrogen-bond donors (Lipinski definition) is 1. The average Bonchev–Trinajstić information content (AvgIpc) is 3.06. The molecule has 1 N–H and O–H groups in total. The predicted octanol–water partition coefficient (Wildman–Crippen LogP) is 2.01. The van der Waals surface area contributed by atoms with E-state index in [1.807, 2.05) is 11.2 Å². The molecule has 1 saturated heterocycles. The highest BCUT2D eigenvalue weighted by Gasteiger charge is 2.39. The Hall–Kier alpha value is -1.22. The van der Waals surface area contributed by atoms with Gasteiger partial charge in [-0.15, -0.1) is 0 Å². The van der Waals surface area contributed by atoms with E-state index in [1.165, 1.54) is 0 Å². The molecule has 0 aliphatic carbocycles. The molecule has 8 heteroatoms. The lowest BCUT2D eigenvalue weighted by Crippen LogP contribution is -2.52. The lowest BCUT2D eigenvalue weighted by Gasteiger charge is -2.36. The van der Waals surface area contributed by atoms with Crippen LogP contribution in [0.2, 0.25) is 18.1 Å². The second kappa shape index (κ2) is 6.25. The zero-order valence-corrected chi connectivity index (χ0v) is 16.4. The van der Waals surface area contributed by atoms with Crippen LogP contribution in [0.1, 0.15) is 32.3 Å². The molecule has 7 nitrogen and oxygen atoms in total. The maximum absolute atomic E-state index is 12.8. The SMILES string of the molecule is CC(C)(C)[Si](C)(C)OCc1ncc2n1C(=O)N(N1CCNCC1)C2. The summed E-state index contributed by atoms with van der Waals surface area (Å²) < 4.78 is 7.99. The smallest absolute Gasteiger partial charge is 0.344 e. The third kappa shape index (κ3) is 3.15. The van der Waals surface area contributed by atoms with Crippen molar-refractivity contribution in [2.24, 2.45) is 0 Å². The van der Waals surface area contributed by atoms with Crippen molar-refractivity contribution in [1.82, 2.24) is 24.9 Å². The molecule has 2 aliphatic rings. The van der Waals surface area contributed by atoms with Crippen molar-refractivity contribution >= 4 is 14.3 Å². The summed E-state index contributed by atoms with van der Waals surface area (Å²) in [4.78, 5) is 17.3. The van der Waals surface area contributed by atoms with Gasteiger partial charge in [0.2, 0.25) is 0 Å². The first-order valence-electron chi connectivity index (χ1n) is 8.67. The van der Waals surface area contributed by atoms with Crippen molar-refractivity contribution in [3.63, 3.8) is 0 Å². The van der Waals surface area contributed by atoms with Crippen LogP contribution in [-0.2, 0) is 17.6 Å². The Bertz CT molecular complexity index is 616. The Labute approximate surface area is 145 Å². The molecule has 1 aromatic heterocycles. The molecule has 0 radical (unpaired) electrons. The van der Waals surface area contributed by atoms with Gasteiger partial charge in [0.05, 0.1) is 25.0 Å². The van der Waals surface area contributed by atoms with E-state index in [0.717, 1.165) is 37.7 Å². The number of amides is 1. The number of fused-ring (bicyclic) bond motifs is 1. The minimum Gasteiger partial charge on any atom is -0.409 e. The fraction of sp³-hybridized carbons (Fsp3) is 0.750. The number of nitrogens with one attached hydrogen (secondary N) is 1. The minimum atomic E-state index is -1.86. The maximum atomic E-state index is 12.8. The van der Waals surface area contributed by atoms with Crippen LogP contribution in [0, 0.1) is 0 Å². The van der Waals surface area contributed by atoms with Crippen molar-refractivity contribution < 1.29 is 9.22 Å². The number of imidazole rings is 1. The van der Waals surface area contributed by atoms with Gasteiger partial charge in [-0.1, -0.05) is 20.8 Å². The topological polar surface area (TPSA) is 62.6 Å². The fourth-order valence-corrected chi connectivity index (χ4v) is 3.71. The molecule has 2 aliphatic heterocycles. The molecule has 0 saturated carbocycles. The Kier molecular flexibility index (Phi) is 4.58. The Morgan fingerprint density at radius 2 is 1.96 bits per heavy atom. The van der Waals surface area contributed by atoms with Gasteiger partial charge in [0.15, 0.2) is 8.32 Å². The summed E-state index contributed by atoms with van der Waals surface area (Å²) in [7, 11) is -1.86. The van der Waals surface area contributed by atoms with Gasteiger partial charge in [0, 0.05) is 26.2 Å². The number of aromatic nitrogens is 2. The molecular weight excluding hydrogens is 322 g/mol. The van der Waals surface area contributed by atoms with E-state index in [4.69, 9.17) is 4.43 Å². The van der Waals surface area contributed by atoms with Crippen LogP contribution in [0.3, 0.4) is 0 Å². The normalized spacial score (nSPS) is 19.9. The molecule has 0 spiro atoms. The maximum Gasteiger partial charge on any atom is 0.344 e. The molecule has 0 atom stereocenters. The van der Waals surface area contributed by atoms with E-state index in [9.17, 15) is 4.79 Å². The van der Waals surface area contributed by atoms with Gasteiger partial charge >= 0.3 is 6.03 Å². The Morgan fingerprint density at radius 1 is 1.29 bits per heavy atom. The number of carbonyl (C=O) groups is 1. The molecule has 0 aromatic carbocycles. The number of piperazine rings is 1. The highest BCUT2D eigenvalue weighted by Crippen LogP contribution is 2.37. The van der Waals surface area contributed by atoms with Crippen LogP contribution >= 0.6 is 0 Å². The molecule has 24 heavy (non-hydrogen) atoms. The quantitative estimate of drug-likeness (QED) is 0.841. The van der Waals surface area contributed by atoms with E-state index >= 15 is 0 Å². The van der Waals surface area contributed by atoms with Crippen LogP contribution < -0.4 is 5.32 Å². The van der Waals surface area contributed by atoms with Gasteiger partial charge in [-0.2, -0.15) is 0 Å². The minimum absolute atomic E-state index is 0.00164. The highest BCUT2D eigenvalue weighted by atomic mass is 28.4. The molecule has 1 aromatic rings. The van der Waals surface area contributed by atoms with Crippen molar-refractivity contribution in [3.8, 4) is 0 Å². The van der Waals surface area contributed by atoms with Crippen LogP contribution in [0.5, 0.6) is 0 Å². The predicted molar refractivity (Wildman–Crippen MR) is 95.0 cm³/mol. The van der Waals surface area contributed by atoms with E-state index in [2.05, 4.69) is 49.2 Å². The molecule has 1 amide bonds. The molecule has 0 unspecified atom stereocenters. The summed E-state index contributed by atoms with van der Waals surface area (Å²) in [6, 6.07) is -0.00164. The molecular formula is C16H29N5O2Si. The Balaban J connectivity index is 1.71. The van der Waals surface area contributed by atoms with Crippen LogP contribution in [0.15, 0.2) is 6.20 Å². The summed E-state index contributed by atoms with van der Waals surface area (Å²) in [5.74, 6) is 0.720. The van der Waals surface area contributed by atoms with Gasteiger partial charge in [0.1, 0.15) is 5.82 Å². The van der Waals surface area contributed by atoms with E-state index < -0.39 is 8.32 Å². The Morgan fingerprint density at radius 3 is 2.58 bits per heavy atom. The van der Waals surface area contributed by atoms with Crippen molar-refractivity contribution in [2.75, 3.05) is 26.2 Å². The van der Waals surface area contributed by atoms with E-state index in [1.54, 1.807) is 4.57 Å². The van der Waals surface area contributed by atoms with Crippen LogP contribution in [-0.4, -0.2) is 60.1 Å². The molecule has 3 heterocycles. The lowest BCUT2D eigenvalue weighted by atomic mass is 10.2. The zero-order valence-electron chi connectivity index (χ0n) is 15.4. The zero-order chi connectivity index (χ0) is 17.5. The van der Waals surface area contributed by atoms with Crippen LogP contribution in [0.4, 0.5) is 4.79 Å². The van der Waals surface area contributed by atoms with Gasteiger partial charge < -0.3 is 9.74 Å². The molecule has 0 bridgehead atoms. The first-order valence-corrected chi connectivity index (χ1v) is 11.6. The van der Waals surface area contributed by atoms with Crippen LogP contribution in [0.25, 0.3) is 0 Å². The molecule has 3 rings (SSSR count). The van der Waals surface area contributed by atoms with Gasteiger partial charge in [-0.05, 0) is 18.1 Å². The monoisotopic (exact) mass is 351 g/mol. The number of hydrazine groups is 1. The standard InChI is InChI=1S/C16H29N5O2Si/c1-16(2,3)24(4,5)23-12-14-18-10-13-11-20(15(22)21(13)14)19-8-6-17-7-9-19/h10,17H,6-9,11-12H2,1-5H3. The van der Waals surface area contributed by atoms with E-state index in [-0.39, 0.29) is 11.1 Å². The first kappa shape index (κ1) is 17.6. The first-order chi connectivity index (χ1) is 11.2. The molecule has 134 valence electrons. The summed E-state index contributed by atoms with van der Waals surface area (Å²) >= 11 is 0. The number of nitrogens with zero attached hydrogens (tertiary/aromatic N) is 4.